The van der Waals surface area contributed by atoms with Crippen molar-refractivity contribution in [2.45, 2.75) is 13.0 Å². The van der Waals surface area contributed by atoms with Gasteiger partial charge in [0, 0.05) is 43.4 Å². The van der Waals surface area contributed by atoms with Crippen molar-refractivity contribution in [2.75, 3.05) is 27.3 Å². The Balaban J connectivity index is 1.63. The summed E-state index contributed by atoms with van der Waals surface area (Å²) < 4.78 is 10.2. The number of nitrogens with zero attached hydrogens (tertiary/aromatic N) is 2. The van der Waals surface area contributed by atoms with Crippen molar-refractivity contribution in [1.82, 2.24) is 10.2 Å². The molecule has 1 N–H and O–H groups in total. The summed E-state index contributed by atoms with van der Waals surface area (Å²) in [6.07, 6.45) is 1.44. The van der Waals surface area contributed by atoms with E-state index >= 15 is 0 Å². The van der Waals surface area contributed by atoms with Gasteiger partial charge in [-0.15, -0.1) is 0 Å². The van der Waals surface area contributed by atoms with Crippen LogP contribution in [0, 0.1) is 10.1 Å². The Kier molecular flexibility index (Phi) is 7.93. The number of likely N-dealkylation sites (N-methyl/N-ethyl adjacent to an activating group) is 1. The summed E-state index contributed by atoms with van der Waals surface area (Å²) in [7, 11) is 3.17. The molecule has 0 bridgehead atoms. The van der Waals surface area contributed by atoms with Gasteiger partial charge in [0.25, 0.3) is 5.69 Å². The first-order valence-electron chi connectivity index (χ1n) is 10.3. The zero-order chi connectivity index (χ0) is 23.8. The molecule has 33 heavy (non-hydrogen) atoms. The molecule has 1 aliphatic rings. The van der Waals surface area contributed by atoms with E-state index in [0.29, 0.717) is 17.8 Å². The second-order valence-corrected chi connectivity index (χ2v) is 7.50. The first-order chi connectivity index (χ1) is 15.9. The fourth-order valence-corrected chi connectivity index (χ4v) is 3.40. The van der Waals surface area contributed by atoms with E-state index in [4.69, 9.17) is 9.47 Å². The molecule has 9 nitrogen and oxygen atoms in total. The minimum Gasteiger partial charge on any atom is -0.466 e. The monoisotopic (exact) mass is 451 g/mol. The Bertz CT molecular complexity index is 1090. The summed E-state index contributed by atoms with van der Waals surface area (Å²) in [4.78, 5) is 37.6. The fraction of sp³-hybridized carbons (Fsp3) is 0.250. The molecule has 1 heterocycles. The van der Waals surface area contributed by atoms with Crippen molar-refractivity contribution in [3.63, 3.8) is 0 Å². The molecule has 9 heteroatoms. The van der Waals surface area contributed by atoms with Gasteiger partial charge < -0.3 is 14.8 Å². The maximum Gasteiger partial charge on any atom is 0.336 e. The molecule has 2 aromatic rings. The molecule has 0 saturated heterocycles. The average Bonchev–Trinajstić information content (AvgIpc) is 2.83. The number of carbonyl (C=O) groups excluding carboxylic acids is 2. The lowest BCUT2D eigenvalue weighted by atomic mass is 9.96. The van der Waals surface area contributed by atoms with Gasteiger partial charge in [0.1, 0.15) is 6.61 Å². The average molecular weight is 451 g/mol. The van der Waals surface area contributed by atoms with Crippen LogP contribution in [0.4, 0.5) is 5.69 Å². The van der Waals surface area contributed by atoms with Crippen LogP contribution in [0.1, 0.15) is 17.5 Å². The first kappa shape index (κ1) is 23.7. The van der Waals surface area contributed by atoms with Crippen molar-refractivity contribution in [3.05, 3.63) is 93.2 Å². The van der Waals surface area contributed by atoms with Gasteiger partial charge in [0.05, 0.1) is 28.9 Å². The minimum absolute atomic E-state index is 0.0175. The summed E-state index contributed by atoms with van der Waals surface area (Å²) in [5.74, 6) is -1.18. The Morgan fingerprint density at radius 1 is 1.12 bits per heavy atom. The van der Waals surface area contributed by atoms with Crippen molar-refractivity contribution in [1.29, 1.82) is 0 Å². The number of carbonyl (C=O) groups is 2. The standard InChI is InChI=1S/C24H25N3O6/c1-26(16-17-7-4-3-5-8-17)11-12-33-23(28)19-14-21(24(29)32-2)22(25-15-19)18-9-6-10-20(13-18)27(30)31/h3-10,13,15,25H,11-12,14,16H2,1-2H3. The predicted octanol–water partition coefficient (Wildman–Crippen LogP) is 3.03. The van der Waals surface area contributed by atoms with Crippen LogP contribution in [0.25, 0.3) is 5.70 Å². The van der Waals surface area contributed by atoms with Gasteiger partial charge in [0.2, 0.25) is 0 Å². The van der Waals surface area contributed by atoms with Gasteiger partial charge in [0.15, 0.2) is 0 Å². The van der Waals surface area contributed by atoms with E-state index in [1.165, 1.54) is 31.5 Å². The number of rotatable bonds is 9. The first-order valence-corrected chi connectivity index (χ1v) is 10.3. The molecule has 0 amide bonds. The Morgan fingerprint density at radius 3 is 2.58 bits per heavy atom. The zero-order valence-electron chi connectivity index (χ0n) is 18.4. The largest absolute Gasteiger partial charge is 0.466 e. The Morgan fingerprint density at radius 2 is 1.88 bits per heavy atom. The predicted molar refractivity (Wildman–Crippen MR) is 122 cm³/mol. The molecule has 2 aromatic carbocycles. The van der Waals surface area contributed by atoms with Gasteiger partial charge in [-0.1, -0.05) is 42.5 Å². The quantitative estimate of drug-likeness (QED) is 0.352. The van der Waals surface area contributed by atoms with Crippen LogP contribution in [0.2, 0.25) is 0 Å². The summed E-state index contributed by atoms with van der Waals surface area (Å²) in [6.45, 7) is 1.46. The number of nitrogens with one attached hydrogen (secondary N) is 1. The molecule has 0 unspecified atom stereocenters. The summed E-state index contributed by atoms with van der Waals surface area (Å²) >= 11 is 0. The number of nitro groups is 1. The van der Waals surface area contributed by atoms with Crippen molar-refractivity contribution in [2.24, 2.45) is 0 Å². The zero-order valence-corrected chi connectivity index (χ0v) is 18.4. The molecular weight excluding hydrogens is 426 g/mol. The van der Waals surface area contributed by atoms with Crippen LogP contribution in [0.5, 0.6) is 0 Å². The van der Waals surface area contributed by atoms with E-state index in [1.807, 2.05) is 42.3 Å². The highest BCUT2D eigenvalue weighted by Crippen LogP contribution is 2.29. The van der Waals surface area contributed by atoms with E-state index in [-0.39, 0.29) is 29.9 Å². The van der Waals surface area contributed by atoms with Crippen LogP contribution in [-0.2, 0) is 25.6 Å². The molecule has 172 valence electrons. The molecule has 1 aliphatic heterocycles. The highest BCUT2D eigenvalue weighted by molar-refractivity contribution is 6.02. The van der Waals surface area contributed by atoms with Gasteiger partial charge >= 0.3 is 11.9 Å². The second kappa shape index (κ2) is 11.1. The van der Waals surface area contributed by atoms with Gasteiger partial charge in [-0.05, 0) is 12.6 Å². The number of non-ortho nitro benzene ring substituents is 1. The third-order valence-electron chi connectivity index (χ3n) is 5.10. The van der Waals surface area contributed by atoms with Gasteiger partial charge in [-0.2, -0.15) is 0 Å². The van der Waals surface area contributed by atoms with Crippen LogP contribution < -0.4 is 5.32 Å². The SMILES string of the molecule is COC(=O)C1=C(c2cccc([N+](=O)[O-])c2)NC=C(C(=O)OCCN(C)Cc2ccccc2)C1. The number of benzene rings is 2. The van der Waals surface area contributed by atoms with Crippen molar-refractivity contribution >= 4 is 23.3 Å². The van der Waals surface area contributed by atoms with Crippen molar-refractivity contribution in [3.8, 4) is 0 Å². The molecule has 0 atom stereocenters. The molecular formula is C24H25N3O6. The Labute approximate surface area is 191 Å². The number of methoxy groups -OCH3 is 1. The molecule has 0 aliphatic carbocycles. The van der Waals surface area contributed by atoms with Gasteiger partial charge in [-0.3, -0.25) is 15.0 Å². The molecule has 0 aromatic heterocycles. The van der Waals surface area contributed by atoms with Crippen LogP contribution in [-0.4, -0.2) is 49.1 Å². The van der Waals surface area contributed by atoms with Crippen molar-refractivity contribution < 1.29 is 24.0 Å². The van der Waals surface area contributed by atoms with Gasteiger partial charge in [-0.25, -0.2) is 9.59 Å². The number of nitro benzene ring substituents is 1. The minimum atomic E-state index is -0.634. The third kappa shape index (κ3) is 6.27. The molecule has 0 saturated carbocycles. The maximum absolute atomic E-state index is 12.6. The lowest BCUT2D eigenvalue weighted by molar-refractivity contribution is -0.384. The number of dihydropyridines is 1. The van der Waals surface area contributed by atoms with E-state index < -0.39 is 16.9 Å². The number of hydrogen-bond acceptors (Lipinski definition) is 8. The maximum atomic E-state index is 12.6. The van der Waals surface area contributed by atoms with E-state index in [2.05, 4.69) is 5.32 Å². The van der Waals surface area contributed by atoms with E-state index in [9.17, 15) is 19.7 Å². The van der Waals surface area contributed by atoms with Crippen LogP contribution >= 0.6 is 0 Å². The number of esters is 2. The topological polar surface area (TPSA) is 111 Å². The lowest BCUT2D eigenvalue weighted by Crippen LogP contribution is -2.26. The van der Waals surface area contributed by atoms with E-state index in [0.717, 1.165) is 12.1 Å². The fourth-order valence-electron chi connectivity index (χ4n) is 3.40. The van der Waals surface area contributed by atoms with Crippen LogP contribution in [0.15, 0.2) is 71.9 Å². The smallest absolute Gasteiger partial charge is 0.336 e. The Hall–Kier alpha value is -3.98. The summed E-state index contributed by atoms with van der Waals surface area (Å²) in [6, 6.07) is 15.8. The summed E-state index contributed by atoms with van der Waals surface area (Å²) in [5.41, 5.74) is 2.29. The molecule has 0 radical (unpaired) electrons. The lowest BCUT2D eigenvalue weighted by Gasteiger charge is -2.21. The highest BCUT2D eigenvalue weighted by atomic mass is 16.6. The third-order valence-corrected chi connectivity index (χ3v) is 5.10. The highest BCUT2D eigenvalue weighted by Gasteiger charge is 2.27. The van der Waals surface area contributed by atoms with E-state index in [1.54, 1.807) is 6.07 Å². The molecule has 0 spiro atoms. The molecule has 3 rings (SSSR count). The number of hydrogen-bond donors (Lipinski definition) is 1. The second-order valence-electron chi connectivity index (χ2n) is 7.50. The van der Waals surface area contributed by atoms with Crippen LogP contribution in [0.3, 0.4) is 0 Å². The normalized spacial score (nSPS) is 13.2. The summed E-state index contributed by atoms with van der Waals surface area (Å²) in [5, 5.41) is 14.0. The number of ether oxygens (including phenoxy) is 2. The molecule has 0 fully saturated rings.